The lowest BCUT2D eigenvalue weighted by Gasteiger charge is -2.19. The van der Waals surface area contributed by atoms with Crippen molar-refractivity contribution in [2.45, 2.75) is 18.5 Å². The van der Waals surface area contributed by atoms with Crippen molar-refractivity contribution in [1.29, 1.82) is 0 Å². The Balaban J connectivity index is 4.94. The molecule has 0 aromatic rings. The number of alkyl halides is 9. The standard InChI is InChI=1S/C6H3F9/c7-4(8,9)2-1-3(5(10,11)12)6(13,14)15/h1-3H. The lowest BCUT2D eigenvalue weighted by molar-refractivity contribution is -0.268. The molecule has 9 heteroatoms. The van der Waals surface area contributed by atoms with E-state index in [2.05, 4.69) is 0 Å². The molecule has 0 aliphatic rings. The highest BCUT2D eigenvalue weighted by molar-refractivity contribution is 4.99. The van der Waals surface area contributed by atoms with E-state index in [0.29, 0.717) is 0 Å². The lowest BCUT2D eigenvalue weighted by Crippen LogP contribution is -2.35. The van der Waals surface area contributed by atoms with Crippen LogP contribution in [-0.4, -0.2) is 18.5 Å². The fourth-order valence-electron chi connectivity index (χ4n) is 0.609. The van der Waals surface area contributed by atoms with Gasteiger partial charge in [0.2, 0.25) is 0 Å². The van der Waals surface area contributed by atoms with Crippen LogP contribution in [0.4, 0.5) is 39.5 Å². The van der Waals surface area contributed by atoms with Crippen LogP contribution in [0.2, 0.25) is 0 Å². The molecule has 15 heavy (non-hydrogen) atoms. The maximum absolute atomic E-state index is 11.7. The van der Waals surface area contributed by atoms with Crippen LogP contribution in [0.5, 0.6) is 0 Å². The first-order valence-corrected chi connectivity index (χ1v) is 3.23. The molecule has 90 valence electrons. The van der Waals surface area contributed by atoms with E-state index < -0.39 is 36.6 Å². The second-order valence-corrected chi connectivity index (χ2v) is 2.46. The Hall–Kier alpha value is -0.890. The number of halogens is 9. The predicted octanol–water partition coefficient (Wildman–Crippen LogP) is 3.85. The normalized spacial score (nSPS) is 15.3. The molecule has 0 saturated carbocycles. The minimum atomic E-state index is -5.79. The maximum atomic E-state index is 11.7. The summed E-state index contributed by atoms with van der Waals surface area (Å²) in [5.41, 5.74) is 0. The Morgan fingerprint density at radius 1 is 0.667 bits per heavy atom. The van der Waals surface area contributed by atoms with Crippen molar-refractivity contribution in [3.05, 3.63) is 12.2 Å². The summed E-state index contributed by atoms with van der Waals surface area (Å²) in [5.74, 6) is -4.10. The van der Waals surface area contributed by atoms with Gasteiger partial charge in [0.15, 0.2) is 5.92 Å². The second-order valence-electron chi connectivity index (χ2n) is 2.46. The van der Waals surface area contributed by atoms with Crippen molar-refractivity contribution in [3.8, 4) is 0 Å². The van der Waals surface area contributed by atoms with Crippen LogP contribution >= 0.6 is 0 Å². The van der Waals surface area contributed by atoms with Gasteiger partial charge in [-0.15, -0.1) is 0 Å². The fraction of sp³-hybridized carbons (Fsp3) is 0.667. The molecule has 0 rings (SSSR count). The van der Waals surface area contributed by atoms with Crippen LogP contribution in [0, 0.1) is 5.92 Å². The summed E-state index contributed by atoms with van der Waals surface area (Å²) in [7, 11) is 0. The van der Waals surface area contributed by atoms with Gasteiger partial charge in [0.1, 0.15) is 0 Å². The molecule has 0 heterocycles. The van der Waals surface area contributed by atoms with Gasteiger partial charge in [-0.25, -0.2) is 0 Å². The van der Waals surface area contributed by atoms with E-state index in [-0.39, 0.29) is 0 Å². The van der Waals surface area contributed by atoms with Crippen LogP contribution < -0.4 is 0 Å². The summed E-state index contributed by atoms with van der Waals surface area (Å²) < 4.78 is 104. The van der Waals surface area contributed by atoms with Gasteiger partial charge in [0.05, 0.1) is 0 Å². The molecule has 0 N–H and O–H groups in total. The smallest absolute Gasteiger partial charge is 0.170 e. The van der Waals surface area contributed by atoms with Crippen molar-refractivity contribution >= 4 is 0 Å². The van der Waals surface area contributed by atoms with E-state index in [1.165, 1.54) is 0 Å². The highest BCUT2D eigenvalue weighted by Crippen LogP contribution is 2.40. The second kappa shape index (κ2) is 3.93. The number of rotatable bonds is 1. The summed E-state index contributed by atoms with van der Waals surface area (Å²) in [6.45, 7) is 0. The van der Waals surface area contributed by atoms with Crippen LogP contribution in [0.25, 0.3) is 0 Å². The van der Waals surface area contributed by atoms with E-state index in [9.17, 15) is 39.5 Å². The largest absolute Gasteiger partial charge is 0.409 e. The Morgan fingerprint density at radius 3 is 1.20 bits per heavy atom. The molecule has 0 bridgehead atoms. The number of hydrogen-bond donors (Lipinski definition) is 0. The van der Waals surface area contributed by atoms with E-state index in [1.54, 1.807) is 0 Å². The summed E-state index contributed by atoms with van der Waals surface area (Å²) in [6, 6.07) is 0. The van der Waals surface area contributed by atoms with Crippen LogP contribution in [0.15, 0.2) is 12.2 Å². The van der Waals surface area contributed by atoms with Gasteiger partial charge in [0.25, 0.3) is 0 Å². The van der Waals surface area contributed by atoms with Crippen molar-refractivity contribution in [2.24, 2.45) is 5.92 Å². The molecular formula is C6H3F9. The van der Waals surface area contributed by atoms with Gasteiger partial charge in [-0.1, -0.05) is 6.08 Å². The van der Waals surface area contributed by atoms with Crippen LogP contribution in [0.3, 0.4) is 0 Å². The first-order chi connectivity index (χ1) is 6.34. The molecule has 0 aromatic heterocycles. The highest BCUT2D eigenvalue weighted by Gasteiger charge is 2.55. The third-order valence-electron chi connectivity index (χ3n) is 1.18. The number of allylic oxidation sites excluding steroid dienone is 2. The van der Waals surface area contributed by atoms with Crippen molar-refractivity contribution in [2.75, 3.05) is 0 Å². The van der Waals surface area contributed by atoms with Gasteiger partial charge in [-0.2, -0.15) is 39.5 Å². The highest BCUT2D eigenvalue weighted by atomic mass is 19.4. The van der Waals surface area contributed by atoms with Gasteiger partial charge in [-0.3, -0.25) is 0 Å². The third-order valence-corrected chi connectivity index (χ3v) is 1.18. The molecule has 0 spiro atoms. The fourth-order valence-corrected chi connectivity index (χ4v) is 0.609. The molecule has 0 nitrogen and oxygen atoms in total. The average molecular weight is 246 g/mol. The van der Waals surface area contributed by atoms with E-state index in [4.69, 9.17) is 0 Å². The summed E-state index contributed by atoms with van der Waals surface area (Å²) in [4.78, 5) is 0. The Bertz CT molecular complexity index is 212. The zero-order valence-electron chi connectivity index (χ0n) is 6.63. The monoisotopic (exact) mass is 246 g/mol. The molecule has 0 fully saturated rings. The van der Waals surface area contributed by atoms with E-state index in [1.807, 2.05) is 0 Å². The molecule has 0 amide bonds. The Labute approximate surface area is 77.4 Å². The lowest BCUT2D eigenvalue weighted by atomic mass is 10.1. The van der Waals surface area contributed by atoms with Gasteiger partial charge in [-0.05, 0) is 0 Å². The summed E-state index contributed by atoms with van der Waals surface area (Å²) >= 11 is 0. The first-order valence-electron chi connectivity index (χ1n) is 3.23. The average Bonchev–Trinajstić information content (AvgIpc) is 1.75. The molecule has 0 unspecified atom stereocenters. The summed E-state index contributed by atoms with van der Waals surface area (Å²) in [5, 5.41) is 0. The molecule has 0 aliphatic heterocycles. The van der Waals surface area contributed by atoms with E-state index >= 15 is 0 Å². The van der Waals surface area contributed by atoms with Gasteiger partial charge >= 0.3 is 18.5 Å². The number of hydrogen-bond acceptors (Lipinski definition) is 0. The topological polar surface area (TPSA) is 0 Å². The molecule has 0 saturated heterocycles. The van der Waals surface area contributed by atoms with Gasteiger partial charge in [0, 0.05) is 6.08 Å². The SMILES string of the molecule is FC(F)(F)C=CC(C(F)(F)F)C(F)(F)F. The van der Waals surface area contributed by atoms with Crippen molar-refractivity contribution < 1.29 is 39.5 Å². The maximum Gasteiger partial charge on any atom is 0.409 e. The van der Waals surface area contributed by atoms with Gasteiger partial charge < -0.3 is 0 Å². The molecule has 0 radical (unpaired) electrons. The first kappa shape index (κ1) is 14.1. The van der Waals surface area contributed by atoms with Crippen LogP contribution in [-0.2, 0) is 0 Å². The zero-order chi connectivity index (χ0) is 12.5. The Kier molecular flexibility index (Phi) is 3.70. The molecular weight excluding hydrogens is 243 g/mol. The van der Waals surface area contributed by atoms with Crippen molar-refractivity contribution in [1.82, 2.24) is 0 Å². The quantitative estimate of drug-likeness (QED) is 0.487. The molecule has 0 atom stereocenters. The molecule has 0 aliphatic carbocycles. The predicted molar refractivity (Wildman–Crippen MR) is 30.8 cm³/mol. The van der Waals surface area contributed by atoms with E-state index in [0.717, 1.165) is 0 Å². The zero-order valence-corrected chi connectivity index (χ0v) is 6.63. The minimum absolute atomic E-state index is 0.958. The minimum Gasteiger partial charge on any atom is -0.170 e. The molecule has 0 aromatic carbocycles. The third kappa shape index (κ3) is 5.53. The Morgan fingerprint density at radius 2 is 1.00 bits per heavy atom. The summed E-state index contributed by atoms with van der Waals surface area (Å²) in [6.07, 6.45) is -18.8. The van der Waals surface area contributed by atoms with Crippen LogP contribution in [0.1, 0.15) is 0 Å². The van der Waals surface area contributed by atoms with Crippen molar-refractivity contribution in [3.63, 3.8) is 0 Å².